The van der Waals surface area contributed by atoms with E-state index in [4.69, 9.17) is 9.88 Å². The second-order valence-corrected chi connectivity index (χ2v) is 16.4. The zero-order valence-electron chi connectivity index (χ0n) is 27.5. The number of benzene rings is 2. The van der Waals surface area contributed by atoms with E-state index in [-0.39, 0.29) is 23.4 Å². The fourth-order valence-corrected chi connectivity index (χ4v) is 9.96. The monoisotopic (exact) mass is 659 g/mol. The van der Waals surface area contributed by atoms with E-state index in [2.05, 4.69) is 40.3 Å². The predicted octanol–water partition coefficient (Wildman–Crippen LogP) is 4.73. The van der Waals surface area contributed by atoms with Crippen LogP contribution in [0.3, 0.4) is 0 Å². The molecule has 2 aliphatic carbocycles. The summed E-state index contributed by atoms with van der Waals surface area (Å²) in [4.78, 5) is 32.7. The van der Waals surface area contributed by atoms with Crippen LogP contribution in [-0.4, -0.2) is 73.4 Å². The fourth-order valence-electron chi connectivity index (χ4n) is 9.59. The van der Waals surface area contributed by atoms with Crippen LogP contribution in [0, 0.1) is 11.3 Å². The molecule has 2 unspecified atom stereocenters. The fraction of sp³-hybridized carbons (Fsp3) is 0.556. The van der Waals surface area contributed by atoms with Crippen molar-refractivity contribution < 1.29 is 22.7 Å². The largest absolute Gasteiger partial charge is 0.497 e. The smallest absolute Gasteiger partial charge is 0.298 e. The highest BCUT2D eigenvalue weighted by Gasteiger charge is 2.65. The molecule has 2 aromatic carbocycles. The number of carbonyl (C=O) groups excluding carboxylic acids is 2. The van der Waals surface area contributed by atoms with Crippen LogP contribution in [0.1, 0.15) is 92.1 Å². The zero-order chi connectivity index (χ0) is 32.8. The number of methoxy groups -OCH3 is 1. The molecule has 2 bridgehead atoms. The number of nitrogens with zero attached hydrogens (tertiary/aromatic N) is 3. The van der Waals surface area contributed by atoms with E-state index in [0.717, 1.165) is 91.6 Å². The lowest BCUT2D eigenvalue weighted by Gasteiger charge is -2.37. The minimum absolute atomic E-state index is 0.0639. The molecule has 3 N–H and O–H groups in total. The minimum atomic E-state index is -4.23. The number of rotatable bonds is 7. The number of ether oxygens (including phenoxy) is 1. The maximum Gasteiger partial charge on any atom is 0.298 e. The average Bonchev–Trinajstić information content (AvgIpc) is 3.27. The van der Waals surface area contributed by atoms with E-state index in [1.165, 1.54) is 12.0 Å². The van der Waals surface area contributed by atoms with Gasteiger partial charge < -0.3 is 14.2 Å². The van der Waals surface area contributed by atoms with Crippen molar-refractivity contribution in [3.63, 3.8) is 0 Å². The van der Waals surface area contributed by atoms with Crippen molar-refractivity contribution in [1.82, 2.24) is 19.1 Å². The highest BCUT2D eigenvalue weighted by Crippen LogP contribution is 2.66. The molecule has 47 heavy (non-hydrogen) atoms. The van der Waals surface area contributed by atoms with E-state index in [0.29, 0.717) is 24.4 Å². The Morgan fingerprint density at radius 2 is 1.85 bits per heavy atom. The number of fused-ring (bicyclic) bond motifs is 9. The van der Waals surface area contributed by atoms with Gasteiger partial charge >= 0.3 is 0 Å². The van der Waals surface area contributed by atoms with Gasteiger partial charge in [-0.25, -0.2) is 9.86 Å². The quantitative estimate of drug-likeness (QED) is 0.378. The van der Waals surface area contributed by atoms with Crippen LogP contribution in [-0.2, 0) is 21.5 Å². The first kappa shape index (κ1) is 30.9. The number of carbonyl (C=O) groups is 2. The molecule has 4 fully saturated rings. The minimum Gasteiger partial charge on any atom is -0.497 e. The number of piperazine rings is 1. The van der Waals surface area contributed by atoms with E-state index < -0.39 is 21.5 Å². The molecule has 250 valence electrons. The van der Waals surface area contributed by atoms with Crippen LogP contribution in [0.15, 0.2) is 36.4 Å². The first-order valence-electron chi connectivity index (χ1n) is 17.2. The summed E-state index contributed by atoms with van der Waals surface area (Å²) in [5.74, 6) is 1.27. The Bertz CT molecular complexity index is 1900. The molecule has 4 atom stereocenters. The van der Waals surface area contributed by atoms with Gasteiger partial charge in [-0.1, -0.05) is 39.2 Å². The summed E-state index contributed by atoms with van der Waals surface area (Å²) in [7, 11) is -2.54. The number of hydrogen-bond acceptors (Lipinski definition) is 6. The van der Waals surface area contributed by atoms with E-state index in [1.54, 1.807) is 19.2 Å². The first-order valence-corrected chi connectivity index (χ1v) is 18.8. The van der Waals surface area contributed by atoms with Gasteiger partial charge in [-0.3, -0.25) is 14.5 Å². The molecule has 4 heterocycles. The third kappa shape index (κ3) is 5.07. The number of likely N-dealkylation sites (tertiary alicyclic amines) is 2. The van der Waals surface area contributed by atoms with Gasteiger partial charge in [-0.2, -0.15) is 8.42 Å². The number of nitrogens with one attached hydrogen (secondary N) is 1. The van der Waals surface area contributed by atoms with Crippen LogP contribution in [0.5, 0.6) is 5.75 Å². The molecule has 11 heteroatoms. The van der Waals surface area contributed by atoms with Crippen LogP contribution in [0.2, 0.25) is 0 Å². The SMILES string of the molecule is COc1ccc2c(c1)C1CC1(C(=O)N1C[C@@H]3C[C@H]1CN3CC(C)C)Cn1c-2c(C2CCCCC2)c2ccc(C(=O)NS(N)(=O)=O)cc21. The van der Waals surface area contributed by atoms with E-state index >= 15 is 0 Å². The maximum absolute atomic E-state index is 14.9. The Labute approximate surface area is 276 Å². The van der Waals surface area contributed by atoms with Gasteiger partial charge in [0.15, 0.2) is 0 Å². The molecule has 0 spiro atoms. The molecule has 3 aromatic rings. The summed E-state index contributed by atoms with van der Waals surface area (Å²) in [6.45, 7) is 7.80. The normalized spacial score (nSPS) is 27.0. The summed E-state index contributed by atoms with van der Waals surface area (Å²) in [5.41, 5.74) is 5.16. The van der Waals surface area contributed by atoms with Gasteiger partial charge in [0.25, 0.3) is 16.1 Å². The Morgan fingerprint density at radius 3 is 2.53 bits per heavy atom. The van der Waals surface area contributed by atoms with Crippen molar-refractivity contribution in [3.05, 3.63) is 53.1 Å². The second-order valence-electron chi connectivity index (χ2n) is 15.1. The zero-order valence-corrected chi connectivity index (χ0v) is 28.3. The molecule has 0 radical (unpaired) electrons. The van der Waals surface area contributed by atoms with E-state index in [9.17, 15) is 18.0 Å². The average molecular weight is 660 g/mol. The molecule has 2 saturated heterocycles. The Kier molecular flexibility index (Phi) is 7.27. The second kappa shape index (κ2) is 11.1. The summed E-state index contributed by atoms with van der Waals surface area (Å²) >= 11 is 0. The molecule has 3 aliphatic heterocycles. The molecule has 2 saturated carbocycles. The summed E-state index contributed by atoms with van der Waals surface area (Å²) in [6.07, 6.45) is 7.52. The third-order valence-electron chi connectivity index (χ3n) is 11.7. The van der Waals surface area contributed by atoms with Gasteiger partial charge in [0.05, 0.1) is 18.2 Å². The summed E-state index contributed by atoms with van der Waals surface area (Å²) < 4.78 is 33.5. The third-order valence-corrected chi connectivity index (χ3v) is 12.1. The lowest BCUT2D eigenvalue weighted by atomic mass is 9.81. The van der Waals surface area contributed by atoms with Crippen LogP contribution in [0.4, 0.5) is 0 Å². The van der Waals surface area contributed by atoms with Crippen LogP contribution >= 0.6 is 0 Å². The van der Waals surface area contributed by atoms with Gasteiger partial charge in [0, 0.05) is 66.2 Å². The van der Waals surface area contributed by atoms with Crippen molar-refractivity contribution in [2.24, 2.45) is 16.5 Å². The van der Waals surface area contributed by atoms with Gasteiger partial charge in [0.1, 0.15) is 5.75 Å². The standard InChI is InChI=1S/C36H45N5O5S/c1-21(2)17-39-18-25-14-24(39)19-40(25)35(43)36-16-30(36)29-15-26(46-3)10-12-27(29)33-32(22-7-5-4-6-8-22)28-11-9-23(13-31(28)41(33)20-36)34(42)38-47(37,44)45/h9-13,15,21-22,24-25,30H,4-8,14,16-20H2,1-3H3,(H,38,42)(H2,37,44,45)/t24-,25-,30?,36?/m0/s1. The van der Waals surface area contributed by atoms with Crippen molar-refractivity contribution in [2.75, 3.05) is 26.7 Å². The van der Waals surface area contributed by atoms with E-state index in [1.807, 2.05) is 16.9 Å². The molecule has 1 aromatic heterocycles. The first-order chi connectivity index (χ1) is 22.5. The number of amides is 2. The van der Waals surface area contributed by atoms with Crippen molar-refractivity contribution in [3.8, 4) is 17.0 Å². The lowest BCUT2D eigenvalue weighted by Crippen LogP contribution is -2.52. The summed E-state index contributed by atoms with van der Waals surface area (Å²) in [6, 6.07) is 12.4. The predicted molar refractivity (Wildman–Crippen MR) is 180 cm³/mol. The Balaban J connectivity index is 1.28. The van der Waals surface area contributed by atoms with Gasteiger partial charge in [0.2, 0.25) is 5.91 Å². The topological polar surface area (TPSA) is 127 Å². The number of nitrogens with two attached hydrogens (primary N) is 1. The van der Waals surface area contributed by atoms with Crippen LogP contribution < -0.4 is 14.6 Å². The molecule has 10 nitrogen and oxygen atoms in total. The maximum atomic E-state index is 14.9. The van der Waals surface area contributed by atoms with Crippen molar-refractivity contribution >= 4 is 32.9 Å². The Morgan fingerprint density at radius 1 is 1.06 bits per heavy atom. The van der Waals surface area contributed by atoms with Crippen molar-refractivity contribution in [1.29, 1.82) is 0 Å². The van der Waals surface area contributed by atoms with Crippen LogP contribution in [0.25, 0.3) is 22.2 Å². The number of aromatic nitrogens is 1. The van der Waals surface area contributed by atoms with Crippen molar-refractivity contribution in [2.45, 2.75) is 89.3 Å². The molecular formula is C36H45N5O5S. The molecule has 5 aliphatic rings. The highest BCUT2D eigenvalue weighted by molar-refractivity contribution is 7.87. The molecule has 8 rings (SSSR count). The molecule has 2 amide bonds. The van der Waals surface area contributed by atoms with Gasteiger partial charge in [-0.15, -0.1) is 0 Å². The summed E-state index contributed by atoms with van der Waals surface area (Å²) in [5, 5.41) is 6.23. The van der Waals surface area contributed by atoms with Gasteiger partial charge in [-0.05, 0) is 79.0 Å². The highest BCUT2D eigenvalue weighted by atomic mass is 32.2. The number of hydrogen-bond donors (Lipinski definition) is 2. The lowest BCUT2D eigenvalue weighted by molar-refractivity contribution is -0.140. The molecular weight excluding hydrogens is 614 g/mol. The Hall–Kier alpha value is -3.41.